The molecule has 3 atom stereocenters. The van der Waals surface area contributed by atoms with Crippen LogP contribution < -0.4 is 5.32 Å². The standard InChI is InChI=1S/C33H27BrClFN2O5S/c34-24-10-4-8-22(19-24)30-17-16-28(32(39)37-29(33(40)41)18-21-6-2-1-3-7-21)31(23-9-5-11-25(35)20-23)38(30)44(42,43)27-14-12-26(36)13-15-27/h1-16,19-20,29-31H,17-18H2,(H,37,39)(H,40,41)/t29-,30-,31-/m0/s1. The molecule has 0 bridgehead atoms. The summed E-state index contributed by atoms with van der Waals surface area (Å²) in [7, 11) is -4.39. The van der Waals surface area contributed by atoms with Crippen molar-refractivity contribution in [1.29, 1.82) is 0 Å². The molecule has 1 aliphatic heterocycles. The lowest BCUT2D eigenvalue weighted by Crippen LogP contribution is -2.48. The van der Waals surface area contributed by atoms with Gasteiger partial charge in [0.2, 0.25) is 15.9 Å². The van der Waals surface area contributed by atoms with E-state index in [9.17, 15) is 27.5 Å². The molecule has 226 valence electrons. The molecule has 0 unspecified atom stereocenters. The van der Waals surface area contributed by atoms with Gasteiger partial charge in [-0.1, -0.05) is 88.2 Å². The number of carbonyl (C=O) groups excluding carboxylic acids is 1. The van der Waals surface area contributed by atoms with Crippen LogP contribution >= 0.6 is 27.5 Å². The van der Waals surface area contributed by atoms with Gasteiger partial charge in [0.1, 0.15) is 11.9 Å². The zero-order chi connectivity index (χ0) is 31.4. The Bertz CT molecular complexity index is 1820. The fourth-order valence-electron chi connectivity index (χ4n) is 5.31. The number of hydrogen-bond acceptors (Lipinski definition) is 4. The summed E-state index contributed by atoms with van der Waals surface area (Å²) in [6.45, 7) is 0. The van der Waals surface area contributed by atoms with Crippen molar-refractivity contribution in [2.24, 2.45) is 0 Å². The molecule has 7 nitrogen and oxygen atoms in total. The highest BCUT2D eigenvalue weighted by molar-refractivity contribution is 9.10. The maximum absolute atomic E-state index is 14.5. The zero-order valence-corrected chi connectivity index (χ0v) is 26.3. The Kier molecular flexibility index (Phi) is 9.65. The van der Waals surface area contributed by atoms with Crippen molar-refractivity contribution in [1.82, 2.24) is 9.62 Å². The van der Waals surface area contributed by atoms with E-state index in [-0.39, 0.29) is 23.3 Å². The predicted octanol–water partition coefficient (Wildman–Crippen LogP) is 6.86. The monoisotopic (exact) mass is 696 g/mol. The lowest BCUT2D eigenvalue weighted by Gasteiger charge is -2.41. The molecule has 11 heteroatoms. The number of rotatable bonds is 9. The zero-order valence-electron chi connectivity index (χ0n) is 23.1. The molecular weight excluding hydrogens is 671 g/mol. The van der Waals surface area contributed by atoms with Gasteiger partial charge >= 0.3 is 5.97 Å². The number of amides is 1. The maximum Gasteiger partial charge on any atom is 0.326 e. The van der Waals surface area contributed by atoms with Crippen molar-refractivity contribution in [2.45, 2.75) is 35.9 Å². The van der Waals surface area contributed by atoms with Gasteiger partial charge in [0.25, 0.3) is 0 Å². The fraction of sp³-hybridized carbons (Fsp3) is 0.152. The van der Waals surface area contributed by atoms with Gasteiger partial charge < -0.3 is 10.4 Å². The smallest absolute Gasteiger partial charge is 0.326 e. The number of nitrogens with one attached hydrogen (secondary N) is 1. The van der Waals surface area contributed by atoms with Crippen molar-refractivity contribution < 1.29 is 27.5 Å². The van der Waals surface area contributed by atoms with Gasteiger partial charge in [-0.2, -0.15) is 4.31 Å². The third-order valence-corrected chi connectivity index (χ3v) is 9.97. The second kappa shape index (κ2) is 13.4. The number of aliphatic carboxylic acids is 1. The van der Waals surface area contributed by atoms with E-state index < -0.39 is 45.8 Å². The molecule has 1 heterocycles. The highest BCUT2D eigenvalue weighted by atomic mass is 79.9. The Labute approximate surface area is 268 Å². The van der Waals surface area contributed by atoms with Crippen LogP contribution in [0.2, 0.25) is 5.02 Å². The highest BCUT2D eigenvalue weighted by Gasteiger charge is 2.45. The summed E-state index contributed by atoms with van der Waals surface area (Å²) < 4.78 is 44.8. The van der Waals surface area contributed by atoms with E-state index in [1.54, 1.807) is 78.9 Å². The van der Waals surface area contributed by atoms with E-state index >= 15 is 0 Å². The molecule has 0 saturated heterocycles. The molecule has 0 spiro atoms. The van der Waals surface area contributed by atoms with E-state index in [1.165, 1.54) is 16.4 Å². The van der Waals surface area contributed by atoms with E-state index in [0.717, 1.165) is 16.6 Å². The first kappa shape index (κ1) is 31.6. The average Bonchev–Trinajstić information content (AvgIpc) is 3.00. The number of sulfonamides is 1. The van der Waals surface area contributed by atoms with Gasteiger partial charge in [-0.25, -0.2) is 17.6 Å². The Hall–Kier alpha value is -3.83. The lowest BCUT2D eigenvalue weighted by molar-refractivity contribution is -0.141. The molecule has 0 saturated carbocycles. The molecule has 0 aromatic heterocycles. The summed E-state index contributed by atoms with van der Waals surface area (Å²) in [5.41, 5.74) is 1.81. The quantitative estimate of drug-likeness (QED) is 0.199. The topological polar surface area (TPSA) is 104 Å². The fourth-order valence-corrected chi connectivity index (χ4v) is 7.71. The van der Waals surface area contributed by atoms with E-state index in [4.69, 9.17) is 11.6 Å². The van der Waals surface area contributed by atoms with Gasteiger partial charge in [-0.3, -0.25) is 4.79 Å². The normalized spacial score (nSPS) is 17.8. The van der Waals surface area contributed by atoms with Gasteiger partial charge in [0.15, 0.2) is 0 Å². The van der Waals surface area contributed by atoms with Crippen LogP contribution in [0.25, 0.3) is 0 Å². The Morgan fingerprint density at radius 1 is 0.955 bits per heavy atom. The third kappa shape index (κ3) is 6.94. The van der Waals surface area contributed by atoms with Crippen LogP contribution in [0.5, 0.6) is 0 Å². The molecule has 1 amide bonds. The Morgan fingerprint density at radius 2 is 1.64 bits per heavy atom. The van der Waals surface area contributed by atoms with Crippen LogP contribution in [0, 0.1) is 5.82 Å². The number of carbonyl (C=O) groups is 2. The summed E-state index contributed by atoms with van der Waals surface area (Å²) in [6.07, 6.45) is 1.77. The van der Waals surface area contributed by atoms with Crippen molar-refractivity contribution >= 4 is 49.4 Å². The Morgan fingerprint density at radius 3 is 2.30 bits per heavy atom. The van der Waals surface area contributed by atoms with Crippen molar-refractivity contribution in [3.05, 3.63) is 147 Å². The molecule has 0 aliphatic carbocycles. The number of nitrogens with zero attached hydrogens (tertiary/aromatic N) is 1. The van der Waals surface area contributed by atoms with Crippen LogP contribution in [0.15, 0.2) is 124 Å². The molecule has 0 fully saturated rings. The largest absolute Gasteiger partial charge is 0.480 e. The first-order valence-electron chi connectivity index (χ1n) is 13.6. The number of benzene rings is 4. The second-order valence-corrected chi connectivity index (χ2v) is 13.5. The van der Waals surface area contributed by atoms with E-state index in [1.807, 2.05) is 6.07 Å². The minimum absolute atomic E-state index is 0.0231. The summed E-state index contributed by atoms with van der Waals surface area (Å²) in [6, 6.07) is 23.8. The predicted molar refractivity (Wildman–Crippen MR) is 169 cm³/mol. The van der Waals surface area contributed by atoms with E-state index in [0.29, 0.717) is 21.7 Å². The summed E-state index contributed by atoms with van der Waals surface area (Å²) in [5.74, 6) is -2.57. The van der Waals surface area contributed by atoms with Crippen LogP contribution in [0.1, 0.15) is 35.2 Å². The molecular formula is C33H27BrClFN2O5S. The van der Waals surface area contributed by atoms with Crippen molar-refractivity contribution in [3.8, 4) is 0 Å². The van der Waals surface area contributed by atoms with Gasteiger partial charge in [-0.15, -0.1) is 0 Å². The second-order valence-electron chi connectivity index (χ2n) is 10.3. The number of carboxylic acids is 1. The third-order valence-electron chi connectivity index (χ3n) is 7.35. The van der Waals surface area contributed by atoms with E-state index in [2.05, 4.69) is 21.2 Å². The Balaban J connectivity index is 1.65. The van der Waals surface area contributed by atoms with Crippen molar-refractivity contribution in [3.63, 3.8) is 0 Å². The van der Waals surface area contributed by atoms with Crippen LogP contribution in [0.3, 0.4) is 0 Å². The number of halogens is 3. The molecule has 44 heavy (non-hydrogen) atoms. The van der Waals surface area contributed by atoms with Gasteiger partial charge in [0, 0.05) is 21.5 Å². The SMILES string of the molecule is O=C(N[C@@H](Cc1ccccc1)C(=O)O)C1=CC[C@@H](c2cccc(Br)c2)N(S(=O)(=O)c2ccc(F)cc2)[C@H]1c1cccc(Cl)c1. The lowest BCUT2D eigenvalue weighted by atomic mass is 9.88. The minimum Gasteiger partial charge on any atom is -0.480 e. The molecule has 5 rings (SSSR count). The number of hydrogen-bond donors (Lipinski definition) is 2. The summed E-state index contributed by atoms with van der Waals surface area (Å²) in [5, 5.41) is 12.9. The molecule has 4 aromatic carbocycles. The summed E-state index contributed by atoms with van der Waals surface area (Å²) in [4.78, 5) is 26.0. The minimum atomic E-state index is -4.39. The average molecular weight is 698 g/mol. The molecule has 0 radical (unpaired) electrons. The van der Waals surface area contributed by atoms with Crippen LogP contribution in [0.4, 0.5) is 4.39 Å². The number of carboxylic acid groups (broad SMARTS) is 1. The highest BCUT2D eigenvalue weighted by Crippen LogP contribution is 2.46. The first-order valence-corrected chi connectivity index (χ1v) is 16.2. The first-order chi connectivity index (χ1) is 21.0. The maximum atomic E-state index is 14.5. The molecule has 4 aromatic rings. The van der Waals surface area contributed by atoms with Crippen LogP contribution in [-0.2, 0) is 26.0 Å². The molecule has 2 N–H and O–H groups in total. The van der Waals surface area contributed by atoms with Crippen LogP contribution in [-0.4, -0.2) is 35.7 Å². The van der Waals surface area contributed by atoms with Gasteiger partial charge in [0.05, 0.1) is 17.0 Å². The molecule has 1 aliphatic rings. The van der Waals surface area contributed by atoms with Crippen molar-refractivity contribution in [2.75, 3.05) is 0 Å². The summed E-state index contributed by atoms with van der Waals surface area (Å²) >= 11 is 9.83. The van der Waals surface area contributed by atoms with Gasteiger partial charge in [-0.05, 0) is 71.6 Å².